The maximum absolute atomic E-state index is 10.7. The molecule has 0 saturated heterocycles. The number of benzene rings is 1. The second-order valence-electron chi connectivity index (χ2n) is 3.19. The number of nitrogens with one attached hydrogen (secondary N) is 1. The van der Waals surface area contributed by atoms with Crippen molar-refractivity contribution in [1.29, 1.82) is 0 Å². The summed E-state index contributed by atoms with van der Waals surface area (Å²) in [6.45, 7) is 1.40. The minimum absolute atomic E-state index is 0.0360. The van der Waals surface area contributed by atoms with Gasteiger partial charge in [-0.05, 0) is 19.2 Å². The summed E-state index contributed by atoms with van der Waals surface area (Å²) in [6.07, 6.45) is 0. The number of nitro benzene ring substituents is 1. The lowest BCUT2D eigenvalue weighted by Gasteiger charge is -2.05. The fraction of sp³-hybridized carbons (Fsp3) is 0.400. The molecule has 1 aromatic rings. The first-order valence-corrected chi connectivity index (χ1v) is 5.18. The van der Waals surface area contributed by atoms with Crippen molar-refractivity contribution >= 4 is 17.3 Å². The minimum atomic E-state index is -0.437. The van der Waals surface area contributed by atoms with Crippen LogP contribution in [0.1, 0.15) is 5.56 Å². The summed E-state index contributed by atoms with van der Waals surface area (Å²) in [7, 11) is 1.81. The van der Waals surface area contributed by atoms with Crippen LogP contribution in [-0.2, 0) is 11.3 Å². The Morgan fingerprint density at radius 2 is 2.31 bits per heavy atom. The fourth-order valence-electron chi connectivity index (χ4n) is 1.20. The van der Waals surface area contributed by atoms with E-state index in [9.17, 15) is 10.1 Å². The average Bonchev–Trinajstić information content (AvgIpc) is 2.24. The molecule has 5 nitrogen and oxygen atoms in total. The number of hydrogen-bond donors (Lipinski definition) is 1. The Morgan fingerprint density at radius 1 is 1.56 bits per heavy atom. The molecule has 0 atom stereocenters. The van der Waals surface area contributed by atoms with Crippen LogP contribution in [0, 0.1) is 10.1 Å². The Kier molecular flexibility index (Phi) is 5.18. The highest BCUT2D eigenvalue weighted by molar-refractivity contribution is 6.30. The van der Waals surface area contributed by atoms with E-state index >= 15 is 0 Å². The Bertz CT molecular complexity index is 371. The Morgan fingerprint density at radius 3 is 2.94 bits per heavy atom. The van der Waals surface area contributed by atoms with Crippen molar-refractivity contribution in [1.82, 2.24) is 5.32 Å². The fourth-order valence-corrected chi connectivity index (χ4v) is 1.40. The monoisotopic (exact) mass is 244 g/mol. The average molecular weight is 245 g/mol. The van der Waals surface area contributed by atoms with E-state index in [4.69, 9.17) is 16.3 Å². The Labute approximate surface area is 98.5 Å². The van der Waals surface area contributed by atoms with Gasteiger partial charge >= 0.3 is 0 Å². The summed E-state index contributed by atoms with van der Waals surface area (Å²) < 4.78 is 5.28. The molecule has 0 aliphatic heterocycles. The molecule has 0 spiro atoms. The van der Waals surface area contributed by atoms with Gasteiger partial charge in [0.25, 0.3) is 5.69 Å². The van der Waals surface area contributed by atoms with E-state index in [2.05, 4.69) is 5.32 Å². The maximum atomic E-state index is 10.7. The van der Waals surface area contributed by atoms with Gasteiger partial charge in [0.1, 0.15) is 0 Å². The number of halogens is 1. The van der Waals surface area contributed by atoms with Crippen molar-refractivity contribution in [2.75, 3.05) is 20.2 Å². The van der Waals surface area contributed by atoms with E-state index in [0.717, 1.165) is 0 Å². The van der Waals surface area contributed by atoms with Crippen LogP contribution in [0.2, 0.25) is 5.02 Å². The van der Waals surface area contributed by atoms with Crippen LogP contribution in [0.4, 0.5) is 5.69 Å². The van der Waals surface area contributed by atoms with Crippen molar-refractivity contribution < 1.29 is 9.66 Å². The normalized spacial score (nSPS) is 10.4. The number of hydrogen-bond acceptors (Lipinski definition) is 4. The van der Waals surface area contributed by atoms with Crippen LogP contribution in [0.15, 0.2) is 18.2 Å². The lowest BCUT2D eigenvalue weighted by Crippen LogP contribution is -2.14. The van der Waals surface area contributed by atoms with Gasteiger partial charge in [0, 0.05) is 17.6 Å². The minimum Gasteiger partial charge on any atom is -0.375 e. The summed E-state index contributed by atoms with van der Waals surface area (Å²) in [5, 5.41) is 14.1. The first kappa shape index (κ1) is 12.9. The predicted octanol–water partition coefficient (Wildman–Crippen LogP) is 1.98. The largest absolute Gasteiger partial charge is 0.375 e. The first-order valence-electron chi connectivity index (χ1n) is 4.80. The predicted molar refractivity (Wildman–Crippen MR) is 61.7 cm³/mol. The van der Waals surface area contributed by atoms with Crippen LogP contribution in [0.5, 0.6) is 0 Å². The van der Waals surface area contributed by atoms with Crippen molar-refractivity contribution in [3.8, 4) is 0 Å². The molecular weight excluding hydrogens is 232 g/mol. The van der Waals surface area contributed by atoms with Crippen LogP contribution in [0.25, 0.3) is 0 Å². The molecule has 0 radical (unpaired) electrons. The molecule has 1 rings (SSSR count). The zero-order valence-electron chi connectivity index (χ0n) is 8.90. The van der Waals surface area contributed by atoms with Gasteiger partial charge in [0.15, 0.2) is 0 Å². The van der Waals surface area contributed by atoms with E-state index in [1.807, 2.05) is 7.05 Å². The molecule has 1 aromatic carbocycles. The second-order valence-corrected chi connectivity index (χ2v) is 3.62. The maximum Gasteiger partial charge on any atom is 0.275 e. The molecular formula is C10H13ClN2O3. The molecule has 0 saturated carbocycles. The topological polar surface area (TPSA) is 64.4 Å². The van der Waals surface area contributed by atoms with E-state index in [1.54, 1.807) is 6.07 Å². The third kappa shape index (κ3) is 3.77. The van der Waals surface area contributed by atoms with Crippen LogP contribution < -0.4 is 5.32 Å². The molecule has 1 N–H and O–H groups in total. The Balaban J connectivity index is 2.68. The molecule has 0 aliphatic carbocycles. The van der Waals surface area contributed by atoms with Gasteiger partial charge in [0.2, 0.25) is 0 Å². The smallest absolute Gasteiger partial charge is 0.275 e. The van der Waals surface area contributed by atoms with E-state index in [0.29, 0.717) is 23.7 Å². The van der Waals surface area contributed by atoms with E-state index in [-0.39, 0.29) is 12.3 Å². The SMILES string of the molecule is CNCCOCc1cc(Cl)ccc1[N+](=O)[O-]. The van der Waals surface area contributed by atoms with Gasteiger partial charge in [-0.3, -0.25) is 10.1 Å². The van der Waals surface area contributed by atoms with Crippen molar-refractivity contribution in [3.63, 3.8) is 0 Å². The highest BCUT2D eigenvalue weighted by Crippen LogP contribution is 2.23. The summed E-state index contributed by atoms with van der Waals surface area (Å²) in [5.74, 6) is 0. The highest BCUT2D eigenvalue weighted by Gasteiger charge is 2.13. The van der Waals surface area contributed by atoms with Crippen molar-refractivity contribution in [3.05, 3.63) is 38.9 Å². The zero-order valence-corrected chi connectivity index (χ0v) is 9.66. The number of nitrogens with zero attached hydrogens (tertiary/aromatic N) is 1. The molecule has 0 fully saturated rings. The third-order valence-corrected chi connectivity index (χ3v) is 2.23. The molecule has 0 heterocycles. The highest BCUT2D eigenvalue weighted by atomic mass is 35.5. The first-order chi connectivity index (χ1) is 7.65. The number of rotatable bonds is 6. The number of nitro groups is 1. The van der Waals surface area contributed by atoms with E-state index in [1.165, 1.54) is 12.1 Å². The molecule has 0 bridgehead atoms. The molecule has 6 heteroatoms. The molecule has 0 aliphatic rings. The second kappa shape index (κ2) is 6.42. The zero-order chi connectivity index (χ0) is 12.0. The third-order valence-electron chi connectivity index (χ3n) is 1.99. The number of ether oxygens (including phenoxy) is 1. The van der Waals surface area contributed by atoms with Gasteiger partial charge in [-0.1, -0.05) is 11.6 Å². The van der Waals surface area contributed by atoms with Gasteiger partial charge < -0.3 is 10.1 Å². The lowest BCUT2D eigenvalue weighted by molar-refractivity contribution is -0.385. The van der Waals surface area contributed by atoms with E-state index < -0.39 is 4.92 Å². The van der Waals surface area contributed by atoms with Gasteiger partial charge in [-0.2, -0.15) is 0 Å². The van der Waals surface area contributed by atoms with Crippen LogP contribution in [0.3, 0.4) is 0 Å². The standard InChI is InChI=1S/C10H13ClN2O3/c1-12-4-5-16-7-8-6-9(11)2-3-10(8)13(14)15/h2-3,6,12H,4-5,7H2,1H3. The molecule has 16 heavy (non-hydrogen) atoms. The Hall–Kier alpha value is -1.17. The quantitative estimate of drug-likeness (QED) is 0.472. The van der Waals surface area contributed by atoms with Crippen LogP contribution >= 0.6 is 11.6 Å². The number of likely N-dealkylation sites (N-methyl/N-ethyl adjacent to an activating group) is 1. The van der Waals surface area contributed by atoms with Gasteiger partial charge in [-0.25, -0.2) is 0 Å². The molecule has 0 amide bonds. The molecule has 0 unspecified atom stereocenters. The summed E-state index contributed by atoms with van der Waals surface area (Å²) in [5.41, 5.74) is 0.530. The summed E-state index contributed by atoms with van der Waals surface area (Å²) in [4.78, 5) is 10.3. The van der Waals surface area contributed by atoms with Gasteiger partial charge in [0.05, 0.1) is 23.7 Å². The van der Waals surface area contributed by atoms with Gasteiger partial charge in [-0.15, -0.1) is 0 Å². The van der Waals surface area contributed by atoms with Crippen LogP contribution in [-0.4, -0.2) is 25.1 Å². The lowest BCUT2D eigenvalue weighted by atomic mass is 10.2. The molecule has 88 valence electrons. The summed E-state index contributed by atoms with van der Waals surface area (Å²) in [6, 6.07) is 4.44. The van der Waals surface area contributed by atoms with Crippen molar-refractivity contribution in [2.24, 2.45) is 0 Å². The molecule has 0 aromatic heterocycles. The van der Waals surface area contributed by atoms with Crippen molar-refractivity contribution in [2.45, 2.75) is 6.61 Å². The summed E-state index contributed by atoms with van der Waals surface area (Å²) >= 11 is 5.77.